The SMILES string of the molecule is CC(C)CC(=O)C1CCC(CS(=O)(=O)c2ccc(OC/C(=C/F)CN)cc2)CC1. The number of ketones is 1. The predicted molar refractivity (Wildman–Crippen MR) is 112 cm³/mol. The topological polar surface area (TPSA) is 86.5 Å². The fraction of sp³-hybridized carbons (Fsp3) is 0.591. The molecule has 2 rings (SSSR count). The molecule has 0 amide bonds. The van der Waals surface area contributed by atoms with Crippen LogP contribution in [0.1, 0.15) is 46.0 Å². The molecule has 1 saturated carbocycles. The minimum absolute atomic E-state index is 0.0257. The average molecular weight is 426 g/mol. The molecular formula is C22H32FNO4S. The smallest absolute Gasteiger partial charge is 0.178 e. The summed E-state index contributed by atoms with van der Waals surface area (Å²) in [6.07, 6.45) is 4.13. The minimum Gasteiger partial charge on any atom is -0.489 e. The van der Waals surface area contributed by atoms with Crippen LogP contribution in [-0.4, -0.2) is 33.1 Å². The number of nitrogens with two attached hydrogens (primary N) is 1. The third-order valence-electron chi connectivity index (χ3n) is 5.39. The molecule has 1 aliphatic carbocycles. The summed E-state index contributed by atoms with van der Waals surface area (Å²) in [7, 11) is -3.41. The number of benzene rings is 1. The minimum atomic E-state index is -3.41. The highest BCUT2D eigenvalue weighted by Gasteiger charge is 2.29. The number of rotatable bonds is 10. The highest BCUT2D eigenvalue weighted by Crippen LogP contribution is 2.32. The van der Waals surface area contributed by atoms with Gasteiger partial charge in [0.05, 0.1) is 17.0 Å². The summed E-state index contributed by atoms with van der Waals surface area (Å²) in [5.74, 6) is 1.41. The van der Waals surface area contributed by atoms with E-state index in [1.165, 1.54) is 12.1 Å². The summed E-state index contributed by atoms with van der Waals surface area (Å²) in [5, 5.41) is 0. The first-order valence-electron chi connectivity index (χ1n) is 10.2. The van der Waals surface area contributed by atoms with Crippen LogP contribution in [0.15, 0.2) is 41.1 Å². The van der Waals surface area contributed by atoms with Crippen molar-refractivity contribution < 1.29 is 22.3 Å². The molecule has 2 N–H and O–H groups in total. The number of halogens is 1. The molecule has 0 aromatic heterocycles. The second-order valence-electron chi connectivity index (χ2n) is 8.29. The summed E-state index contributed by atoms with van der Waals surface area (Å²) in [5.41, 5.74) is 5.70. The van der Waals surface area contributed by atoms with Gasteiger partial charge in [0, 0.05) is 24.5 Å². The maximum atomic E-state index is 12.7. The van der Waals surface area contributed by atoms with Crippen LogP contribution in [-0.2, 0) is 14.6 Å². The van der Waals surface area contributed by atoms with E-state index in [1.54, 1.807) is 12.1 Å². The molecule has 7 heteroatoms. The molecule has 0 bridgehead atoms. The zero-order chi connectivity index (χ0) is 21.4. The van der Waals surface area contributed by atoms with Crippen molar-refractivity contribution in [2.45, 2.75) is 50.8 Å². The highest BCUT2D eigenvalue weighted by molar-refractivity contribution is 7.91. The predicted octanol–water partition coefficient (Wildman–Crippen LogP) is 4.07. The van der Waals surface area contributed by atoms with E-state index < -0.39 is 9.84 Å². The molecule has 0 aliphatic heterocycles. The van der Waals surface area contributed by atoms with Crippen LogP contribution in [0, 0.1) is 17.8 Å². The third kappa shape index (κ3) is 7.23. The van der Waals surface area contributed by atoms with Gasteiger partial charge in [0.2, 0.25) is 0 Å². The van der Waals surface area contributed by atoms with Crippen LogP contribution in [0.4, 0.5) is 4.39 Å². The van der Waals surface area contributed by atoms with Crippen LogP contribution < -0.4 is 10.5 Å². The van der Waals surface area contributed by atoms with Crippen molar-refractivity contribution in [3.05, 3.63) is 36.2 Å². The molecule has 1 fully saturated rings. The quantitative estimate of drug-likeness (QED) is 0.611. The maximum Gasteiger partial charge on any atom is 0.178 e. The first kappa shape index (κ1) is 23.5. The zero-order valence-corrected chi connectivity index (χ0v) is 18.1. The Morgan fingerprint density at radius 3 is 2.34 bits per heavy atom. The van der Waals surface area contributed by atoms with Crippen LogP contribution in [0.25, 0.3) is 0 Å². The van der Waals surface area contributed by atoms with Gasteiger partial charge in [-0.3, -0.25) is 4.79 Å². The van der Waals surface area contributed by atoms with Gasteiger partial charge in [0.1, 0.15) is 18.1 Å². The summed E-state index contributed by atoms with van der Waals surface area (Å²) < 4.78 is 43.4. The van der Waals surface area contributed by atoms with E-state index in [0.717, 1.165) is 25.7 Å². The van der Waals surface area contributed by atoms with E-state index in [1.807, 2.05) is 13.8 Å². The standard InChI is InChI=1S/C22H32FNO4S/c1-16(2)11-22(25)19-5-3-17(4-6-19)15-29(26,27)21-9-7-20(8-10-21)28-14-18(12-23)13-24/h7-10,12,16-17,19H,3-6,11,13-15,24H2,1-2H3/b18-12+. The van der Waals surface area contributed by atoms with Gasteiger partial charge in [-0.05, 0) is 61.8 Å². The van der Waals surface area contributed by atoms with E-state index in [4.69, 9.17) is 10.5 Å². The molecular weight excluding hydrogens is 393 g/mol. The third-order valence-corrected chi connectivity index (χ3v) is 7.29. The van der Waals surface area contributed by atoms with Crippen molar-refractivity contribution >= 4 is 15.6 Å². The van der Waals surface area contributed by atoms with Crippen LogP contribution >= 0.6 is 0 Å². The Labute approximate surface area is 173 Å². The lowest BCUT2D eigenvalue weighted by atomic mass is 9.79. The Hall–Kier alpha value is -1.73. The number of carbonyl (C=O) groups is 1. The second-order valence-corrected chi connectivity index (χ2v) is 10.3. The highest BCUT2D eigenvalue weighted by atomic mass is 32.2. The number of ether oxygens (including phenoxy) is 1. The molecule has 0 saturated heterocycles. The number of Topliss-reactive ketones (excluding diaryl/α,β-unsaturated/α-hetero) is 1. The van der Waals surface area contributed by atoms with E-state index in [2.05, 4.69) is 0 Å². The lowest BCUT2D eigenvalue weighted by Gasteiger charge is -2.28. The molecule has 0 radical (unpaired) electrons. The van der Waals surface area contributed by atoms with Gasteiger partial charge in [-0.1, -0.05) is 13.8 Å². The van der Waals surface area contributed by atoms with Crippen molar-refractivity contribution in [3.8, 4) is 5.75 Å². The van der Waals surface area contributed by atoms with E-state index in [0.29, 0.717) is 35.8 Å². The fourth-order valence-electron chi connectivity index (χ4n) is 3.68. The number of sulfone groups is 1. The van der Waals surface area contributed by atoms with E-state index in [9.17, 15) is 17.6 Å². The molecule has 29 heavy (non-hydrogen) atoms. The van der Waals surface area contributed by atoms with Gasteiger partial charge in [0.15, 0.2) is 9.84 Å². The first-order chi connectivity index (χ1) is 13.7. The Morgan fingerprint density at radius 2 is 1.83 bits per heavy atom. The molecule has 1 aliphatic rings. The van der Waals surface area contributed by atoms with Gasteiger partial charge >= 0.3 is 0 Å². The molecule has 1 aromatic rings. The van der Waals surface area contributed by atoms with Gasteiger partial charge in [-0.2, -0.15) is 0 Å². The lowest BCUT2D eigenvalue weighted by Crippen LogP contribution is -2.26. The van der Waals surface area contributed by atoms with Crippen LogP contribution in [0.5, 0.6) is 5.75 Å². The van der Waals surface area contributed by atoms with Crippen molar-refractivity contribution in [1.82, 2.24) is 0 Å². The molecule has 0 heterocycles. The van der Waals surface area contributed by atoms with E-state index >= 15 is 0 Å². The van der Waals surface area contributed by atoms with Gasteiger partial charge in [-0.15, -0.1) is 0 Å². The van der Waals surface area contributed by atoms with Gasteiger partial charge < -0.3 is 10.5 Å². The number of hydrogen-bond donors (Lipinski definition) is 1. The van der Waals surface area contributed by atoms with Crippen molar-refractivity contribution in [2.75, 3.05) is 18.9 Å². The molecule has 162 valence electrons. The number of hydrogen-bond acceptors (Lipinski definition) is 5. The Kier molecular flexibility index (Phi) is 8.83. The van der Waals surface area contributed by atoms with Crippen molar-refractivity contribution in [2.24, 2.45) is 23.5 Å². The Balaban J connectivity index is 1.89. The second kappa shape index (κ2) is 10.9. The number of carbonyl (C=O) groups excluding carboxylic acids is 1. The summed E-state index contributed by atoms with van der Waals surface area (Å²) in [6.45, 7) is 4.18. The molecule has 5 nitrogen and oxygen atoms in total. The van der Waals surface area contributed by atoms with E-state index in [-0.39, 0.29) is 35.6 Å². The molecule has 0 atom stereocenters. The molecule has 0 spiro atoms. The first-order valence-corrected chi connectivity index (χ1v) is 11.9. The summed E-state index contributed by atoms with van der Waals surface area (Å²) in [4.78, 5) is 12.5. The maximum absolute atomic E-state index is 12.7. The normalized spacial score (nSPS) is 20.7. The van der Waals surface area contributed by atoms with Gasteiger partial charge in [0.25, 0.3) is 0 Å². The largest absolute Gasteiger partial charge is 0.489 e. The van der Waals surface area contributed by atoms with Gasteiger partial charge in [-0.25, -0.2) is 12.8 Å². The summed E-state index contributed by atoms with van der Waals surface area (Å²) in [6, 6.07) is 6.18. The lowest BCUT2D eigenvalue weighted by molar-refractivity contribution is -0.124. The van der Waals surface area contributed by atoms with Crippen LogP contribution in [0.2, 0.25) is 0 Å². The van der Waals surface area contributed by atoms with Crippen LogP contribution in [0.3, 0.4) is 0 Å². The molecule has 0 unspecified atom stereocenters. The average Bonchev–Trinajstić information content (AvgIpc) is 2.69. The fourth-order valence-corrected chi connectivity index (χ4v) is 5.38. The van der Waals surface area contributed by atoms with Crippen molar-refractivity contribution in [1.29, 1.82) is 0 Å². The Bertz CT molecular complexity index is 795. The zero-order valence-electron chi connectivity index (χ0n) is 17.3. The Morgan fingerprint density at radius 1 is 1.21 bits per heavy atom. The summed E-state index contributed by atoms with van der Waals surface area (Å²) >= 11 is 0. The molecule has 1 aromatic carbocycles. The van der Waals surface area contributed by atoms with Crippen molar-refractivity contribution in [3.63, 3.8) is 0 Å². The monoisotopic (exact) mass is 425 g/mol.